The molecule has 1 aliphatic heterocycles. The van der Waals surface area contributed by atoms with E-state index in [2.05, 4.69) is 5.32 Å². The number of hydrogen-bond acceptors (Lipinski definition) is 4. The number of anilines is 1. The Morgan fingerprint density at radius 3 is 2.58 bits per heavy atom. The highest BCUT2D eigenvalue weighted by Crippen LogP contribution is 2.24. The van der Waals surface area contributed by atoms with E-state index in [1.54, 1.807) is 12.1 Å². The number of rotatable bonds is 5. The summed E-state index contributed by atoms with van der Waals surface area (Å²) in [6.45, 7) is 1.67. The summed E-state index contributed by atoms with van der Waals surface area (Å²) in [5.41, 5.74) is 2.11. The minimum Gasteiger partial charge on any atom is -0.445 e. The molecular weight excluding hydrogens is 335 g/mol. The second-order valence-electron chi connectivity index (χ2n) is 6.42. The predicted octanol–water partition coefficient (Wildman–Crippen LogP) is 3.21. The number of benzene rings is 2. The Morgan fingerprint density at radius 1 is 1.15 bits per heavy atom. The summed E-state index contributed by atoms with van der Waals surface area (Å²) in [6.07, 6.45) is 0.467. The van der Waals surface area contributed by atoms with Gasteiger partial charge in [-0.15, -0.1) is 0 Å². The molecule has 6 heteroatoms. The van der Waals surface area contributed by atoms with Gasteiger partial charge in [0.2, 0.25) is 0 Å². The fraction of sp³-hybridized carbons (Fsp3) is 0.350. The zero-order valence-electron chi connectivity index (χ0n) is 14.5. The van der Waals surface area contributed by atoms with Crippen LogP contribution in [0.25, 0.3) is 0 Å². The van der Waals surface area contributed by atoms with Gasteiger partial charge in [0.05, 0.1) is 11.8 Å². The number of carbonyl (C=O) groups excluding carboxylic acids is 1. The topological polar surface area (TPSA) is 61.8 Å². The fourth-order valence-corrected chi connectivity index (χ4v) is 2.97. The Kier molecular flexibility index (Phi) is 6.07. The van der Waals surface area contributed by atoms with Gasteiger partial charge in [0.25, 0.3) is 0 Å². The SMILES string of the molecule is O=C(NCc1ccc(N2CCC(O)CC2)c(F)c1)OCc1ccccc1. The maximum Gasteiger partial charge on any atom is 0.407 e. The third-order valence-corrected chi connectivity index (χ3v) is 4.47. The average molecular weight is 358 g/mol. The maximum absolute atomic E-state index is 14.4. The van der Waals surface area contributed by atoms with E-state index in [1.807, 2.05) is 35.2 Å². The summed E-state index contributed by atoms with van der Waals surface area (Å²) in [5.74, 6) is -0.321. The van der Waals surface area contributed by atoms with E-state index in [0.29, 0.717) is 37.2 Å². The number of hydrogen-bond donors (Lipinski definition) is 2. The first-order valence-corrected chi connectivity index (χ1v) is 8.78. The maximum atomic E-state index is 14.4. The van der Waals surface area contributed by atoms with Gasteiger partial charge in [-0.05, 0) is 36.1 Å². The largest absolute Gasteiger partial charge is 0.445 e. The lowest BCUT2D eigenvalue weighted by molar-refractivity contribution is 0.139. The first-order valence-electron chi connectivity index (χ1n) is 8.78. The smallest absolute Gasteiger partial charge is 0.407 e. The number of nitrogens with one attached hydrogen (secondary N) is 1. The van der Waals surface area contributed by atoms with Crippen molar-refractivity contribution in [1.82, 2.24) is 5.32 Å². The molecule has 1 fully saturated rings. The van der Waals surface area contributed by atoms with Crippen molar-refractivity contribution in [3.05, 3.63) is 65.5 Å². The van der Waals surface area contributed by atoms with Crippen LogP contribution in [0.4, 0.5) is 14.9 Å². The molecule has 0 aliphatic carbocycles. The Hall–Kier alpha value is -2.60. The summed E-state index contributed by atoms with van der Waals surface area (Å²) < 4.78 is 19.5. The summed E-state index contributed by atoms with van der Waals surface area (Å²) in [6, 6.07) is 14.3. The highest BCUT2D eigenvalue weighted by atomic mass is 19.1. The molecule has 2 N–H and O–H groups in total. The quantitative estimate of drug-likeness (QED) is 0.862. The second-order valence-corrected chi connectivity index (χ2v) is 6.42. The summed E-state index contributed by atoms with van der Waals surface area (Å²) in [7, 11) is 0. The number of nitrogens with zero attached hydrogens (tertiary/aromatic N) is 1. The standard InChI is InChI=1S/C20H23FN2O3/c21-18-12-16(6-7-19(18)23-10-8-17(24)9-11-23)13-22-20(25)26-14-15-4-2-1-3-5-15/h1-7,12,17,24H,8-11,13-14H2,(H,22,25). The van der Waals surface area contributed by atoms with Crippen molar-refractivity contribution < 1.29 is 19.0 Å². The first kappa shape index (κ1) is 18.2. The number of piperidine rings is 1. The normalized spacial score (nSPS) is 14.9. The van der Waals surface area contributed by atoms with Crippen molar-refractivity contribution in [3.63, 3.8) is 0 Å². The summed E-state index contributed by atoms with van der Waals surface area (Å²) >= 11 is 0. The molecule has 0 radical (unpaired) electrons. The molecule has 1 heterocycles. The number of carbonyl (C=O) groups is 1. The zero-order valence-corrected chi connectivity index (χ0v) is 14.5. The number of alkyl carbamates (subject to hydrolysis) is 1. The van der Waals surface area contributed by atoms with Crippen molar-refractivity contribution in [3.8, 4) is 0 Å². The van der Waals surface area contributed by atoms with Crippen LogP contribution in [-0.2, 0) is 17.9 Å². The number of amides is 1. The van der Waals surface area contributed by atoms with Crippen LogP contribution in [0.2, 0.25) is 0 Å². The molecule has 2 aromatic carbocycles. The van der Waals surface area contributed by atoms with E-state index in [4.69, 9.17) is 4.74 Å². The predicted molar refractivity (Wildman–Crippen MR) is 97.3 cm³/mol. The van der Waals surface area contributed by atoms with Gasteiger partial charge in [-0.2, -0.15) is 0 Å². The molecule has 1 saturated heterocycles. The molecule has 0 bridgehead atoms. The van der Waals surface area contributed by atoms with Crippen molar-refractivity contribution in [2.45, 2.75) is 32.1 Å². The lowest BCUT2D eigenvalue weighted by atomic mass is 10.1. The minimum absolute atomic E-state index is 0.195. The van der Waals surface area contributed by atoms with Crippen LogP contribution in [0.15, 0.2) is 48.5 Å². The Morgan fingerprint density at radius 2 is 1.88 bits per heavy atom. The highest BCUT2D eigenvalue weighted by Gasteiger charge is 2.19. The molecule has 0 spiro atoms. The van der Waals surface area contributed by atoms with E-state index in [9.17, 15) is 14.3 Å². The van der Waals surface area contributed by atoms with Crippen LogP contribution in [0.1, 0.15) is 24.0 Å². The molecule has 0 saturated carbocycles. The van der Waals surface area contributed by atoms with Gasteiger partial charge in [-0.1, -0.05) is 36.4 Å². The highest BCUT2D eigenvalue weighted by molar-refractivity contribution is 5.67. The van der Waals surface area contributed by atoms with Crippen LogP contribution >= 0.6 is 0 Å². The molecule has 5 nitrogen and oxygen atoms in total. The summed E-state index contributed by atoms with van der Waals surface area (Å²) in [5, 5.41) is 12.2. The molecule has 3 rings (SSSR count). The molecule has 0 atom stereocenters. The average Bonchev–Trinajstić information content (AvgIpc) is 2.66. The second kappa shape index (κ2) is 8.67. The molecule has 2 aromatic rings. The molecule has 0 aromatic heterocycles. The van der Waals surface area contributed by atoms with Crippen molar-refractivity contribution in [1.29, 1.82) is 0 Å². The Labute approximate surface area is 152 Å². The van der Waals surface area contributed by atoms with Crippen LogP contribution in [-0.4, -0.2) is 30.4 Å². The van der Waals surface area contributed by atoms with Crippen LogP contribution in [0.5, 0.6) is 0 Å². The molecular formula is C20H23FN2O3. The van der Waals surface area contributed by atoms with Gasteiger partial charge in [-0.25, -0.2) is 9.18 Å². The summed E-state index contributed by atoms with van der Waals surface area (Å²) in [4.78, 5) is 13.7. The van der Waals surface area contributed by atoms with Crippen LogP contribution in [0, 0.1) is 5.82 Å². The van der Waals surface area contributed by atoms with Crippen molar-refractivity contribution in [2.24, 2.45) is 0 Å². The number of aliphatic hydroxyl groups is 1. The van der Waals surface area contributed by atoms with Gasteiger partial charge in [0, 0.05) is 19.6 Å². The Balaban J connectivity index is 1.49. The fourth-order valence-electron chi connectivity index (χ4n) is 2.97. The number of halogens is 1. The molecule has 1 amide bonds. The van der Waals surface area contributed by atoms with Gasteiger partial charge >= 0.3 is 6.09 Å². The van der Waals surface area contributed by atoms with E-state index < -0.39 is 6.09 Å². The lowest BCUT2D eigenvalue weighted by Crippen LogP contribution is -2.36. The molecule has 1 aliphatic rings. The lowest BCUT2D eigenvalue weighted by Gasteiger charge is -2.31. The van der Waals surface area contributed by atoms with Crippen LogP contribution < -0.4 is 10.2 Å². The van der Waals surface area contributed by atoms with Crippen molar-refractivity contribution in [2.75, 3.05) is 18.0 Å². The zero-order chi connectivity index (χ0) is 18.4. The molecule has 0 unspecified atom stereocenters. The van der Waals surface area contributed by atoms with E-state index in [1.165, 1.54) is 6.07 Å². The van der Waals surface area contributed by atoms with Crippen molar-refractivity contribution >= 4 is 11.8 Å². The van der Waals surface area contributed by atoms with E-state index in [-0.39, 0.29) is 25.1 Å². The molecule has 26 heavy (non-hydrogen) atoms. The monoisotopic (exact) mass is 358 g/mol. The Bertz CT molecular complexity index is 731. The number of aliphatic hydroxyl groups excluding tert-OH is 1. The minimum atomic E-state index is -0.539. The third kappa shape index (κ3) is 4.95. The van der Waals surface area contributed by atoms with Gasteiger partial charge < -0.3 is 20.1 Å². The van der Waals surface area contributed by atoms with E-state index in [0.717, 1.165) is 5.56 Å². The third-order valence-electron chi connectivity index (χ3n) is 4.47. The van der Waals surface area contributed by atoms with E-state index >= 15 is 0 Å². The van der Waals surface area contributed by atoms with Gasteiger partial charge in [0.1, 0.15) is 12.4 Å². The van der Waals surface area contributed by atoms with Gasteiger partial charge in [0.15, 0.2) is 0 Å². The first-order chi connectivity index (χ1) is 12.6. The van der Waals surface area contributed by atoms with Gasteiger partial charge in [-0.3, -0.25) is 0 Å². The van der Waals surface area contributed by atoms with Crippen LogP contribution in [0.3, 0.4) is 0 Å². The number of ether oxygens (including phenoxy) is 1. The molecule has 138 valence electrons.